The largest absolute Gasteiger partial charge is 0.435 e. The Morgan fingerprint density at radius 2 is 1.90 bits per heavy atom. The zero-order valence-corrected chi connectivity index (χ0v) is 12.6. The van der Waals surface area contributed by atoms with Crippen LogP contribution in [0.25, 0.3) is 0 Å². The number of alkyl halides is 2. The van der Waals surface area contributed by atoms with Gasteiger partial charge >= 0.3 is 6.61 Å². The Balaban J connectivity index is 2.39. The Bertz CT molecular complexity index is 439. The van der Waals surface area contributed by atoms with E-state index >= 15 is 0 Å². The number of terminal acetylenes is 1. The van der Waals surface area contributed by atoms with Crippen LogP contribution < -0.4 is 10.1 Å². The predicted octanol–water partition coefficient (Wildman–Crippen LogP) is 4.00. The molecule has 1 N–H and O–H groups in total. The normalized spacial score (nSPS) is 13.7. The summed E-state index contributed by atoms with van der Waals surface area (Å²) in [4.78, 5) is 0. The van der Waals surface area contributed by atoms with Gasteiger partial charge in [0.15, 0.2) is 0 Å². The fourth-order valence-electron chi connectivity index (χ4n) is 2.15. The summed E-state index contributed by atoms with van der Waals surface area (Å²) in [5, 5.41) is 3.42. The summed E-state index contributed by atoms with van der Waals surface area (Å²) in [5.41, 5.74) is 1.10. The van der Waals surface area contributed by atoms with E-state index in [0.717, 1.165) is 31.2 Å². The quantitative estimate of drug-likeness (QED) is 0.695. The first-order valence-corrected chi connectivity index (χ1v) is 7.31. The van der Waals surface area contributed by atoms with Crippen molar-refractivity contribution in [1.29, 1.82) is 0 Å². The topological polar surface area (TPSA) is 21.3 Å². The minimum atomic E-state index is -2.78. The first-order chi connectivity index (χ1) is 10.0. The molecule has 0 aliphatic carbocycles. The molecule has 0 radical (unpaired) electrons. The second-order valence-corrected chi connectivity index (χ2v) is 5.14. The second-order valence-electron chi connectivity index (χ2n) is 5.14. The Morgan fingerprint density at radius 1 is 1.24 bits per heavy atom. The van der Waals surface area contributed by atoms with Crippen LogP contribution in [0.4, 0.5) is 8.78 Å². The summed E-state index contributed by atoms with van der Waals surface area (Å²) >= 11 is 0. The van der Waals surface area contributed by atoms with E-state index in [1.54, 1.807) is 12.1 Å². The van der Waals surface area contributed by atoms with Crippen LogP contribution in [0.3, 0.4) is 0 Å². The maximum Gasteiger partial charge on any atom is 0.387 e. The molecule has 2 unspecified atom stereocenters. The molecule has 21 heavy (non-hydrogen) atoms. The number of hydrogen-bond acceptors (Lipinski definition) is 2. The number of rotatable bonds is 9. The molecule has 0 saturated heterocycles. The maximum absolute atomic E-state index is 12.0. The van der Waals surface area contributed by atoms with Crippen molar-refractivity contribution < 1.29 is 13.5 Å². The number of halogens is 2. The molecule has 0 amide bonds. The Labute approximate surface area is 125 Å². The second kappa shape index (κ2) is 9.36. The highest BCUT2D eigenvalue weighted by Crippen LogP contribution is 2.16. The zero-order chi connectivity index (χ0) is 15.7. The van der Waals surface area contributed by atoms with Crippen molar-refractivity contribution in [2.24, 2.45) is 0 Å². The summed E-state index contributed by atoms with van der Waals surface area (Å²) in [6, 6.07) is 7.20. The first kappa shape index (κ1) is 17.5. The molecule has 0 aliphatic rings. The molecule has 0 bridgehead atoms. The molecule has 1 aromatic carbocycles. The summed E-state index contributed by atoms with van der Waals surface area (Å²) in [6.07, 6.45) is 9.32. The molecule has 0 spiro atoms. The van der Waals surface area contributed by atoms with Gasteiger partial charge in [0.2, 0.25) is 0 Å². The maximum atomic E-state index is 12.0. The van der Waals surface area contributed by atoms with Crippen LogP contribution in [0, 0.1) is 12.3 Å². The van der Waals surface area contributed by atoms with Crippen molar-refractivity contribution in [3.05, 3.63) is 29.8 Å². The van der Waals surface area contributed by atoms with Crippen LogP contribution in [0.5, 0.6) is 5.75 Å². The van der Waals surface area contributed by atoms with Gasteiger partial charge in [-0.3, -0.25) is 0 Å². The number of ether oxygens (including phenoxy) is 1. The zero-order valence-electron chi connectivity index (χ0n) is 12.6. The highest BCUT2D eigenvalue weighted by Gasteiger charge is 2.09. The molecule has 116 valence electrons. The first-order valence-electron chi connectivity index (χ1n) is 7.31. The lowest BCUT2D eigenvalue weighted by atomic mass is 10.0. The van der Waals surface area contributed by atoms with E-state index in [0.29, 0.717) is 6.04 Å². The monoisotopic (exact) mass is 295 g/mol. The lowest BCUT2D eigenvalue weighted by Gasteiger charge is -2.19. The minimum absolute atomic E-state index is 0.117. The van der Waals surface area contributed by atoms with Crippen LogP contribution in [0.15, 0.2) is 24.3 Å². The minimum Gasteiger partial charge on any atom is -0.435 e. The molecular weight excluding hydrogens is 272 g/mol. The van der Waals surface area contributed by atoms with Gasteiger partial charge in [-0.2, -0.15) is 8.78 Å². The van der Waals surface area contributed by atoms with Crippen molar-refractivity contribution in [1.82, 2.24) is 5.32 Å². The molecule has 0 aromatic heterocycles. The van der Waals surface area contributed by atoms with Gasteiger partial charge < -0.3 is 10.1 Å². The molecule has 0 saturated carbocycles. The average Bonchev–Trinajstić information content (AvgIpc) is 2.45. The number of nitrogens with one attached hydrogen (secondary N) is 1. The molecule has 2 nitrogen and oxygen atoms in total. The van der Waals surface area contributed by atoms with E-state index < -0.39 is 6.61 Å². The van der Waals surface area contributed by atoms with Gasteiger partial charge in [-0.25, -0.2) is 0 Å². The summed E-state index contributed by atoms with van der Waals surface area (Å²) in [6.45, 7) is 1.44. The van der Waals surface area contributed by atoms with Crippen molar-refractivity contribution in [2.75, 3.05) is 0 Å². The van der Waals surface area contributed by atoms with E-state index in [9.17, 15) is 8.78 Å². The molecule has 0 heterocycles. The van der Waals surface area contributed by atoms with Crippen LogP contribution in [0.2, 0.25) is 0 Å². The molecular formula is C17H23F2NO. The molecule has 0 fully saturated rings. The van der Waals surface area contributed by atoms with E-state index in [2.05, 4.69) is 29.8 Å². The van der Waals surface area contributed by atoms with Crippen molar-refractivity contribution in [3.63, 3.8) is 0 Å². The molecule has 1 aromatic rings. The van der Waals surface area contributed by atoms with Gasteiger partial charge in [0, 0.05) is 6.04 Å². The summed E-state index contributed by atoms with van der Waals surface area (Å²) in [7, 11) is 0. The van der Waals surface area contributed by atoms with E-state index in [-0.39, 0.29) is 11.8 Å². The lowest BCUT2D eigenvalue weighted by molar-refractivity contribution is -0.0498. The van der Waals surface area contributed by atoms with Gasteiger partial charge in [-0.1, -0.05) is 31.4 Å². The average molecular weight is 295 g/mol. The third-order valence-electron chi connectivity index (χ3n) is 3.28. The molecule has 4 heteroatoms. The fourth-order valence-corrected chi connectivity index (χ4v) is 2.15. The number of benzene rings is 1. The van der Waals surface area contributed by atoms with Gasteiger partial charge in [0.05, 0.1) is 6.04 Å². The van der Waals surface area contributed by atoms with Crippen molar-refractivity contribution in [3.8, 4) is 18.1 Å². The Hall–Kier alpha value is -1.60. The van der Waals surface area contributed by atoms with Gasteiger partial charge in [0.25, 0.3) is 0 Å². The van der Waals surface area contributed by atoms with Gasteiger partial charge in [-0.15, -0.1) is 6.42 Å². The van der Waals surface area contributed by atoms with Crippen LogP contribution in [0.1, 0.15) is 38.7 Å². The van der Waals surface area contributed by atoms with Crippen LogP contribution in [-0.4, -0.2) is 18.7 Å². The third-order valence-corrected chi connectivity index (χ3v) is 3.28. The number of aryl methyl sites for hydroxylation is 1. The molecule has 0 aliphatic heterocycles. The standard InChI is InChI=1S/C17H23F2NO/c1-4-6-15(5-2)20-13(3)7-8-14-9-11-16(12-10-14)21-17(18)19/h2,9-13,15,17,20H,4,6-8H2,1,3H3. The Kier molecular flexibility index (Phi) is 7.78. The van der Waals surface area contributed by atoms with Crippen molar-refractivity contribution in [2.45, 2.75) is 58.2 Å². The predicted molar refractivity (Wildman–Crippen MR) is 81.5 cm³/mol. The fraction of sp³-hybridized carbons (Fsp3) is 0.529. The molecule has 2 atom stereocenters. The lowest BCUT2D eigenvalue weighted by Crippen LogP contribution is -2.35. The molecule has 1 rings (SSSR count). The highest BCUT2D eigenvalue weighted by atomic mass is 19.3. The van der Waals surface area contributed by atoms with Crippen LogP contribution in [-0.2, 0) is 6.42 Å². The van der Waals surface area contributed by atoms with Gasteiger partial charge in [0.1, 0.15) is 5.75 Å². The summed E-state index contributed by atoms with van der Waals surface area (Å²) in [5.74, 6) is 2.95. The third kappa shape index (κ3) is 7.10. The van der Waals surface area contributed by atoms with Crippen LogP contribution >= 0.6 is 0 Å². The summed E-state index contributed by atoms with van der Waals surface area (Å²) < 4.78 is 28.4. The highest BCUT2D eigenvalue weighted by molar-refractivity contribution is 5.27. The smallest absolute Gasteiger partial charge is 0.387 e. The van der Waals surface area contributed by atoms with Gasteiger partial charge in [-0.05, 0) is 43.9 Å². The van der Waals surface area contributed by atoms with Crippen molar-refractivity contribution >= 4 is 0 Å². The van der Waals surface area contributed by atoms with E-state index in [1.807, 2.05) is 12.1 Å². The Morgan fingerprint density at radius 3 is 2.43 bits per heavy atom. The van der Waals surface area contributed by atoms with E-state index in [1.165, 1.54) is 0 Å². The SMILES string of the molecule is C#CC(CCC)NC(C)CCc1ccc(OC(F)F)cc1. The van der Waals surface area contributed by atoms with E-state index in [4.69, 9.17) is 6.42 Å². The number of hydrogen-bond donors (Lipinski definition) is 1.